The number of hydrogen-bond donors (Lipinski definition) is 2. The van der Waals surface area contributed by atoms with Gasteiger partial charge in [-0.05, 0) is 49.9 Å². The molecule has 0 heterocycles. The van der Waals surface area contributed by atoms with Crippen LogP contribution in [0.25, 0.3) is 0 Å². The summed E-state index contributed by atoms with van der Waals surface area (Å²) in [5, 5.41) is 10.1. The maximum Gasteiger partial charge on any atom is 0.417 e. The number of rotatable bonds is 0. The Morgan fingerprint density at radius 2 is 1.56 bits per heavy atom. The van der Waals surface area contributed by atoms with Crippen LogP contribution in [-0.4, -0.2) is 22.4 Å². The monoisotopic (exact) mass is 235 g/mol. The van der Waals surface area contributed by atoms with Crippen LogP contribution in [0, 0.1) is 17.8 Å². The second-order valence-electron chi connectivity index (χ2n) is 6.03. The van der Waals surface area contributed by atoms with Crippen molar-refractivity contribution in [2.24, 2.45) is 23.5 Å². The van der Waals surface area contributed by atoms with E-state index < -0.39 is 29.2 Å². The van der Waals surface area contributed by atoms with Crippen LogP contribution in [0.15, 0.2) is 0 Å². The number of nitrogens with two attached hydrogens (primary N) is 1. The summed E-state index contributed by atoms with van der Waals surface area (Å²) in [6, 6.07) is 0. The van der Waals surface area contributed by atoms with Crippen molar-refractivity contribution in [3.8, 4) is 0 Å². The highest BCUT2D eigenvalue weighted by molar-refractivity contribution is 5.16. The van der Waals surface area contributed by atoms with Crippen molar-refractivity contribution in [3.05, 3.63) is 0 Å². The largest absolute Gasteiger partial charge is 0.417 e. The van der Waals surface area contributed by atoms with Crippen LogP contribution in [0.1, 0.15) is 32.1 Å². The van der Waals surface area contributed by atoms with E-state index in [0.717, 1.165) is 6.42 Å². The predicted octanol–water partition coefficient (Wildman–Crippen LogP) is 1.82. The van der Waals surface area contributed by atoms with Crippen molar-refractivity contribution in [2.45, 2.75) is 49.4 Å². The molecule has 3 unspecified atom stereocenters. The Kier molecular flexibility index (Phi) is 1.86. The van der Waals surface area contributed by atoms with Gasteiger partial charge in [0.2, 0.25) is 0 Å². The summed E-state index contributed by atoms with van der Waals surface area (Å²) in [7, 11) is 0. The second kappa shape index (κ2) is 2.75. The molecule has 4 aliphatic rings. The number of hydrogen-bond acceptors (Lipinski definition) is 2. The second-order valence-corrected chi connectivity index (χ2v) is 6.03. The van der Waals surface area contributed by atoms with E-state index in [2.05, 4.69) is 0 Å². The van der Waals surface area contributed by atoms with E-state index in [1.807, 2.05) is 0 Å². The van der Waals surface area contributed by atoms with Crippen LogP contribution in [0.3, 0.4) is 0 Å². The minimum absolute atomic E-state index is 0.296. The molecule has 4 aliphatic carbocycles. The zero-order valence-electron chi connectivity index (χ0n) is 8.93. The molecule has 0 aromatic carbocycles. The average molecular weight is 235 g/mol. The molecule has 0 radical (unpaired) electrons. The average Bonchev–Trinajstić information content (AvgIpc) is 2.09. The maximum absolute atomic E-state index is 13.0. The fourth-order valence-electron chi connectivity index (χ4n) is 4.51. The quantitative estimate of drug-likeness (QED) is 0.672. The van der Waals surface area contributed by atoms with Crippen LogP contribution >= 0.6 is 0 Å². The number of halogens is 3. The molecule has 4 bridgehead atoms. The van der Waals surface area contributed by atoms with Gasteiger partial charge in [-0.3, -0.25) is 0 Å². The van der Waals surface area contributed by atoms with Gasteiger partial charge in [-0.2, -0.15) is 13.2 Å². The molecule has 2 nitrogen and oxygen atoms in total. The predicted molar refractivity (Wildman–Crippen MR) is 51.5 cm³/mol. The Bertz CT molecular complexity index is 312. The van der Waals surface area contributed by atoms with E-state index in [1.54, 1.807) is 0 Å². The lowest BCUT2D eigenvalue weighted by atomic mass is 9.47. The van der Waals surface area contributed by atoms with Gasteiger partial charge in [0.25, 0.3) is 0 Å². The van der Waals surface area contributed by atoms with Crippen molar-refractivity contribution < 1.29 is 18.3 Å². The molecular weight excluding hydrogens is 219 g/mol. The van der Waals surface area contributed by atoms with Crippen LogP contribution in [0.4, 0.5) is 13.2 Å². The summed E-state index contributed by atoms with van der Waals surface area (Å²) in [6.45, 7) is 0. The molecule has 0 saturated heterocycles. The minimum atomic E-state index is -4.51. The fraction of sp³-hybridized carbons (Fsp3) is 1.00. The van der Waals surface area contributed by atoms with Gasteiger partial charge in [0.1, 0.15) is 0 Å². The van der Waals surface area contributed by atoms with Crippen LogP contribution < -0.4 is 5.73 Å². The Morgan fingerprint density at radius 1 is 1.06 bits per heavy atom. The van der Waals surface area contributed by atoms with Crippen LogP contribution in [-0.2, 0) is 0 Å². The molecular formula is C11H16F3NO. The first-order valence-electron chi connectivity index (χ1n) is 5.82. The summed E-state index contributed by atoms with van der Waals surface area (Å²) in [4.78, 5) is 0. The van der Waals surface area contributed by atoms with E-state index in [0.29, 0.717) is 31.6 Å². The van der Waals surface area contributed by atoms with Crippen molar-refractivity contribution in [2.75, 3.05) is 0 Å². The summed E-state index contributed by atoms with van der Waals surface area (Å²) >= 11 is 0. The number of aliphatic hydroxyl groups is 1. The van der Waals surface area contributed by atoms with Gasteiger partial charge in [-0.15, -0.1) is 0 Å². The highest BCUT2D eigenvalue weighted by Gasteiger charge is 2.70. The minimum Gasteiger partial charge on any atom is -0.380 e. The topological polar surface area (TPSA) is 46.2 Å². The number of alkyl halides is 3. The first-order chi connectivity index (χ1) is 7.25. The molecule has 0 spiro atoms. The van der Waals surface area contributed by atoms with Gasteiger partial charge in [0.15, 0.2) is 5.60 Å². The van der Waals surface area contributed by atoms with Crippen molar-refractivity contribution in [3.63, 3.8) is 0 Å². The third-order valence-electron chi connectivity index (χ3n) is 4.94. The van der Waals surface area contributed by atoms with Crippen LogP contribution in [0.5, 0.6) is 0 Å². The molecule has 5 heteroatoms. The Hall–Kier alpha value is -0.290. The fourth-order valence-corrected chi connectivity index (χ4v) is 4.51. The molecule has 0 aromatic rings. The molecule has 92 valence electrons. The summed E-state index contributed by atoms with van der Waals surface area (Å²) in [6.07, 6.45) is -2.02. The molecule has 0 aliphatic heterocycles. The van der Waals surface area contributed by atoms with Crippen molar-refractivity contribution >= 4 is 0 Å². The Balaban J connectivity index is 2.00. The third-order valence-corrected chi connectivity index (χ3v) is 4.94. The zero-order valence-corrected chi connectivity index (χ0v) is 8.93. The first kappa shape index (κ1) is 10.8. The van der Waals surface area contributed by atoms with Gasteiger partial charge in [0, 0.05) is 5.54 Å². The molecule has 16 heavy (non-hydrogen) atoms. The highest BCUT2D eigenvalue weighted by Crippen LogP contribution is 2.62. The van der Waals surface area contributed by atoms with E-state index in [4.69, 9.17) is 5.73 Å². The van der Waals surface area contributed by atoms with Gasteiger partial charge >= 0.3 is 6.18 Å². The van der Waals surface area contributed by atoms with E-state index >= 15 is 0 Å². The molecule has 4 saturated carbocycles. The van der Waals surface area contributed by atoms with Crippen LogP contribution in [0.2, 0.25) is 0 Å². The van der Waals surface area contributed by atoms with Crippen molar-refractivity contribution in [1.29, 1.82) is 0 Å². The van der Waals surface area contributed by atoms with E-state index in [-0.39, 0.29) is 0 Å². The van der Waals surface area contributed by atoms with E-state index in [9.17, 15) is 18.3 Å². The standard InChI is InChI=1S/C11H16F3NO/c12-11(13,14)10(16)7-1-6-2-8(10)5-9(15,3-6)4-7/h6-8,16H,1-5,15H2/t6?,7-,8+,9?,10?. The molecule has 4 fully saturated rings. The molecule has 3 N–H and O–H groups in total. The first-order valence-corrected chi connectivity index (χ1v) is 5.82. The molecule has 0 aromatic heterocycles. The zero-order chi connectivity index (χ0) is 11.8. The van der Waals surface area contributed by atoms with Crippen molar-refractivity contribution in [1.82, 2.24) is 0 Å². The Morgan fingerprint density at radius 3 is 1.94 bits per heavy atom. The lowest BCUT2D eigenvalue weighted by Crippen LogP contribution is -2.70. The van der Waals surface area contributed by atoms with E-state index in [1.165, 1.54) is 0 Å². The molecule has 5 atom stereocenters. The normalized spacial score (nSPS) is 55.7. The highest BCUT2D eigenvalue weighted by atomic mass is 19.4. The molecule has 4 rings (SSSR count). The molecule has 0 amide bonds. The third kappa shape index (κ3) is 1.16. The lowest BCUT2D eigenvalue weighted by molar-refractivity contribution is -0.333. The Labute approximate surface area is 92.0 Å². The lowest BCUT2D eigenvalue weighted by Gasteiger charge is -2.62. The van der Waals surface area contributed by atoms with Gasteiger partial charge in [0.05, 0.1) is 0 Å². The summed E-state index contributed by atoms with van der Waals surface area (Å²) < 4.78 is 39.1. The summed E-state index contributed by atoms with van der Waals surface area (Å²) in [5.41, 5.74) is 3.20. The SMILES string of the molecule is NC12CC3C[C@H](C1)C(O)(C(F)(F)F)[C@@H](C3)C2. The summed E-state index contributed by atoms with van der Waals surface area (Å²) in [5.74, 6) is -1.06. The van der Waals surface area contributed by atoms with Gasteiger partial charge in [-0.1, -0.05) is 0 Å². The smallest absolute Gasteiger partial charge is 0.380 e. The maximum atomic E-state index is 13.0. The van der Waals surface area contributed by atoms with Gasteiger partial charge in [-0.25, -0.2) is 0 Å². The van der Waals surface area contributed by atoms with Gasteiger partial charge < -0.3 is 10.8 Å².